The second kappa shape index (κ2) is 24.7. The Morgan fingerprint density at radius 2 is 1.21 bits per heavy atom. The lowest BCUT2D eigenvalue weighted by Crippen LogP contribution is -2.31. The van der Waals surface area contributed by atoms with E-state index < -0.39 is 13.9 Å². The van der Waals surface area contributed by atoms with Crippen molar-refractivity contribution in [3.8, 4) is 0 Å². The molecule has 7 nitrogen and oxygen atoms in total. The van der Waals surface area contributed by atoms with Crippen LogP contribution in [0.1, 0.15) is 117 Å². The lowest BCUT2D eigenvalue weighted by molar-refractivity contribution is 0.0857. The SMILES string of the molecule is CCCCCCCCCCCCCCCCCCOCC(N)COP(=O)(O)OCCN(C)CC. The van der Waals surface area contributed by atoms with Gasteiger partial charge in [-0.25, -0.2) is 4.57 Å². The maximum Gasteiger partial charge on any atom is 0.472 e. The Bertz CT molecular complexity index is 470. The Morgan fingerprint density at radius 3 is 1.68 bits per heavy atom. The zero-order chi connectivity index (χ0) is 25.3. The first-order valence-corrected chi connectivity index (χ1v) is 15.5. The van der Waals surface area contributed by atoms with Crippen LogP contribution in [0.15, 0.2) is 0 Å². The van der Waals surface area contributed by atoms with E-state index in [2.05, 4.69) is 6.92 Å². The van der Waals surface area contributed by atoms with Crippen molar-refractivity contribution < 1.29 is 23.2 Å². The molecule has 2 unspecified atom stereocenters. The number of hydrogen-bond acceptors (Lipinski definition) is 6. The zero-order valence-corrected chi connectivity index (χ0v) is 23.6. The summed E-state index contributed by atoms with van der Waals surface area (Å²) in [5.74, 6) is 0. The van der Waals surface area contributed by atoms with Gasteiger partial charge in [-0.2, -0.15) is 0 Å². The van der Waals surface area contributed by atoms with Crippen molar-refractivity contribution in [3.05, 3.63) is 0 Å². The fourth-order valence-corrected chi connectivity index (χ4v) is 4.50. The molecule has 0 bridgehead atoms. The lowest BCUT2D eigenvalue weighted by Gasteiger charge is -2.18. The number of phosphoric acid groups is 1. The van der Waals surface area contributed by atoms with Crippen LogP contribution in [-0.4, -0.2) is 62.4 Å². The summed E-state index contributed by atoms with van der Waals surface area (Å²) in [6.45, 7) is 6.77. The van der Waals surface area contributed by atoms with Crippen LogP contribution in [0.4, 0.5) is 0 Å². The molecule has 3 N–H and O–H groups in total. The highest BCUT2D eigenvalue weighted by Crippen LogP contribution is 2.42. The Hall–Kier alpha value is -0.0100. The first-order valence-electron chi connectivity index (χ1n) is 14.0. The van der Waals surface area contributed by atoms with E-state index in [0.29, 0.717) is 19.8 Å². The molecule has 0 saturated heterocycles. The van der Waals surface area contributed by atoms with Crippen LogP contribution in [0.3, 0.4) is 0 Å². The van der Waals surface area contributed by atoms with Gasteiger partial charge in [0.25, 0.3) is 0 Å². The monoisotopic (exact) mass is 508 g/mol. The molecule has 0 aromatic heterocycles. The third-order valence-corrected chi connectivity index (χ3v) is 7.18. The van der Waals surface area contributed by atoms with E-state index >= 15 is 0 Å². The summed E-state index contributed by atoms with van der Waals surface area (Å²) in [7, 11) is -2.14. The first kappa shape index (κ1) is 34.0. The first-order chi connectivity index (χ1) is 16.4. The number of phosphoric ester groups is 1. The van der Waals surface area contributed by atoms with E-state index in [-0.39, 0.29) is 13.2 Å². The minimum Gasteiger partial charge on any atom is -0.380 e. The molecule has 0 aromatic carbocycles. The van der Waals surface area contributed by atoms with Gasteiger partial charge in [0.2, 0.25) is 0 Å². The molecule has 0 spiro atoms. The molecule has 0 radical (unpaired) electrons. The Balaban J connectivity index is 3.35. The average Bonchev–Trinajstić information content (AvgIpc) is 2.81. The fraction of sp³-hybridized carbons (Fsp3) is 1.00. The second-order valence-corrected chi connectivity index (χ2v) is 11.1. The van der Waals surface area contributed by atoms with Gasteiger partial charge in [0.05, 0.1) is 25.9 Å². The standard InChI is InChI=1S/C26H57N2O5P/c1-4-6-7-8-9-10-11-12-13-14-15-16-17-18-19-20-22-31-24-26(27)25-33-34(29,30)32-23-21-28(3)5-2/h26H,4-25,27H2,1-3H3,(H,29,30). The molecule has 0 amide bonds. The largest absolute Gasteiger partial charge is 0.472 e. The molecule has 0 saturated carbocycles. The van der Waals surface area contributed by atoms with E-state index in [4.69, 9.17) is 19.5 Å². The van der Waals surface area contributed by atoms with Crippen molar-refractivity contribution >= 4 is 7.82 Å². The number of hydrogen-bond donors (Lipinski definition) is 2. The minimum absolute atomic E-state index is 0.0592. The van der Waals surface area contributed by atoms with E-state index in [0.717, 1.165) is 13.0 Å². The van der Waals surface area contributed by atoms with Crippen LogP contribution in [0.2, 0.25) is 0 Å². The summed E-state index contributed by atoms with van der Waals surface area (Å²) in [5, 5.41) is 0. The van der Waals surface area contributed by atoms with Gasteiger partial charge >= 0.3 is 7.82 Å². The minimum atomic E-state index is -4.05. The summed E-state index contributed by atoms with van der Waals surface area (Å²) < 4.78 is 27.3. The zero-order valence-electron chi connectivity index (χ0n) is 22.7. The molecule has 0 heterocycles. The summed E-state index contributed by atoms with van der Waals surface area (Å²) in [6, 6.07) is -0.441. The molecular formula is C26H57N2O5P. The molecule has 2 atom stereocenters. The van der Waals surface area contributed by atoms with E-state index in [9.17, 15) is 9.46 Å². The number of ether oxygens (including phenoxy) is 1. The fourth-order valence-electron chi connectivity index (χ4n) is 3.73. The van der Waals surface area contributed by atoms with Crippen LogP contribution >= 0.6 is 7.82 Å². The van der Waals surface area contributed by atoms with Crippen LogP contribution < -0.4 is 5.73 Å². The molecule has 8 heteroatoms. The van der Waals surface area contributed by atoms with Gasteiger partial charge in [0.15, 0.2) is 0 Å². The lowest BCUT2D eigenvalue weighted by atomic mass is 10.0. The van der Waals surface area contributed by atoms with Crippen LogP contribution in [0, 0.1) is 0 Å². The Kier molecular flexibility index (Phi) is 24.7. The molecule has 206 valence electrons. The molecule has 0 aliphatic carbocycles. The molecule has 0 aromatic rings. The number of unbranched alkanes of at least 4 members (excludes halogenated alkanes) is 15. The van der Waals surface area contributed by atoms with Gasteiger partial charge in [0, 0.05) is 13.2 Å². The van der Waals surface area contributed by atoms with Crippen molar-refractivity contribution in [1.82, 2.24) is 4.90 Å². The number of nitrogens with zero attached hydrogens (tertiary/aromatic N) is 1. The Labute approximate surface area is 211 Å². The van der Waals surface area contributed by atoms with Crippen LogP contribution in [0.5, 0.6) is 0 Å². The van der Waals surface area contributed by atoms with Gasteiger partial charge in [-0.05, 0) is 20.0 Å². The second-order valence-electron chi connectivity index (χ2n) is 9.63. The summed E-state index contributed by atoms with van der Waals surface area (Å²) >= 11 is 0. The summed E-state index contributed by atoms with van der Waals surface area (Å²) in [5.41, 5.74) is 5.90. The smallest absolute Gasteiger partial charge is 0.380 e. The third-order valence-electron chi connectivity index (χ3n) is 6.19. The van der Waals surface area contributed by atoms with Crippen molar-refractivity contribution in [2.45, 2.75) is 123 Å². The van der Waals surface area contributed by atoms with Gasteiger partial charge < -0.3 is 20.3 Å². The molecule has 34 heavy (non-hydrogen) atoms. The van der Waals surface area contributed by atoms with Gasteiger partial charge in [0.1, 0.15) is 0 Å². The Morgan fingerprint density at radius 1 is 0.735 bits per heavy atom. The number of rotatable bonds is 27. The highest BCUT2D eigenvalue weighted by molar-refractivity contribution is 7.47. The van der Waals surface area contributed by atoms with Crippen molar-refractivity contribution in [3.63, 3.8) is 0 Å². The molecule has 0 rings (SSSR count). The summed E-state index contributed by atoms with van der Waals surface area (Å²) in [4.78, 5) is 11.7. The van der Waals surface area contributed by atoms with Crippen LogP contribution in [0.25, 0.3) is 0 Å². The number of likely N-dealkylation sites (N-methyl/N-ethyl adjacent to an activating group) is 1. The normalized spacial score (nSPS) is 14.5. The highest BCUT2D eigenvalue weighted by Gasteiger charge is 2.22. The predicted molar refractivity (Wildman–Crippen MR) is 143 cm³/mol. The van der Waals surface area contributed by atoms with Crippen molar-refractivity contribution in [2.24, 2.45) is 5.73 Å². The van der Waals surface area contributed by atoms with Crippen LogP contribution in [-0.2, 0) is 18.3 Å². The maximum absolute atomic E-state index is 11.8. The quantitative estimate of drug-likeness (QED) is 0.0944. The molecule has 0 aliphatic rings. The van der Waals surface area contributed by atoms with Gasteiger partial charge in [-0.15, -0.1) is 0 Å². The molecular weight excluding hydrogens is 451 g/mol. The average molecular weight is 509 g/mol. The topological polar surface area (TPSA) is 94.2 Å². The number of nitrogens with two attached hydrogens (primary N) is 1. The highest BCUT2D eigenvalue weighted by atomic mass is 31.2. The molecule has 0 aliphatic heterocycles. The van der Waals surface area contributed by atoms with E-state index in [1.807, 2.05) is 18.9 Å². The van der Waals surface area contributed by atoms with Gasteiger partial charge in [-0.1, -0.05) is 110 Å². The predicted octanol–water partition coefficient (Wildman–Crippen LogP) is 6.68. The summed E-state index contributed by atoms with van der Waals surface area (Å²) in [6.07, 6.45) is 21.6. The van der Waals surface area contributed by atoms with E-state index in [1.165, 1.54) is 96.3 Å². The van der Waals surface area contributed by atoms with Gasteiger partial charge in [-0.3, -0.25) is 9.05 Å². The maximum atomic E-state index is 11.8. The van der Waals surface area contributed by atoms with Crippen molar-refractivity contribution in [1.29, 1.82) is 0 Å². The van der Waals surface area contributed by atoms with E-state index in [1.54, 1.807) is 0 Å². The third kappa shape index (κ3) is 25.1. The van der Waals surface area contributed by atoms with Crippen molar-refractivity contribution in [2.75, 3.05) is 46.6 Å². The molecule has 0 fully saturated rings.